The van der Waals surface area contributed by atoms with Crippen LogP contribution in [0.3, 0.4) is 0 Å². The molecule has 1 heterocycles. The van der Waals surface area contributed by atoms with Gasteiger partial charge in [-0.05, 0) is 24.6 Å². The Morgan fingerprint density at radius 2 is 1.79 bits per heavy atom. The number of hydroxylamine groups is 1. The largest absolute Gasteiger partial charge is 0.288 e. The Balaban J connectivity index is 1.61. The van der Waals surface area contributed by atoms with Crippen LogP contribution in [-0.2, 0) is 22.4 Å². The van der Waals surface area contributed by atoms with Crippen LogP contribution in [0.1, 0.15) is 21.5 Å². The SMILES string of the molecule is Cc1ccc(-c2cn(CS(=O)(=O)NCc3ccc(C(=O)NO)cc3)nn2)cc1. The van der Waals surface area contributed by atoms with Gasteiger partial charge in [-0.2, -0.15) is 0 Å². The van der Waals surface area contributed by atoms with Gasteiger partial charge in [0.1, 0.15) is 5.69 Å². The summed E-state index contributed by atoms with van der Waals surface area (Å²) in [5, 5.41) is 16.5. The van der Waals surface area contributed by atoms with Gasteiger partial charge in [-0.3, -0.25) is 10.0 Å². The maximum atomic E-state index is 12.3. The van der Waals surface area contributed by atoms with Gasteiger partial charge in [0.2, 0.25) is 10.0 Å². The number of nitrogens with one attached hydrogen (secondary N) is 2. The standard InChI is InChI=1S/C18H19N5O4S/c1-13-2-6-15(7-3-13)17-11-23(22-20-17)12-28(26,27)19-10-14-4-8-16(9-5-14)18(24)21-25/h2-9,11,19,25H,10,12H2,1H3,(H,21,24). The number of carbonyl (C=O) groups is 1. The normalized spacial score (nSPS) is 11.4. The fourth-order valence-electron chi connectivity index (χ4n) is 2.47. The number of aromatic nitrogens is 3. The van der Waals surface area contributed by atoms with E-state index in [1.54, 1.807) is 18.3 Å². The van der Waals surface area contributed by atoms with Crippen molar-refractivity contribution in [3.63, 3.8) is 0 Å². The van der Waals surface area contributed by atoms with Crippen LogP contribution in [0.5, 0.6) is 0 Å². The van der Waals surface area contributed by atoms with Gasteiger partial charge in [-0.25, -0.2) is 23.3 Å². The molecule has 0 bridgehead atoms. The zero-order valence-electron chi connectivity index (χ0n) is 15.0. The molecule has 0 aliphatic heterocycles. The highest BCUT2D eigenvalue weighted by Gasteiger charge is 2.14. The summed E-state index contributed by atoms with van der Waals surface area (Å²) in [6, 6.07) is 13.9. The number of aryl methyl sites for hydroxylation is 1. The van der Waals surface area contributed by atoms with Crippen LogP contribution >= 0.6 is 0 Å². The molecule has 0 aliphatic carbocycles. The van der Waals surface area contributed by atoms with Crippen molar-refractivity contribution < 1.29 is 18.4 Å². The molecule has 0 unspecified atom stereocenters. The van der Waals surface area contributed by atoms with E-state index in [9.17, 15) is 13.2 Å². The molecule has 9 nitrogen and oxygen atoms in total. The molecule has 10 heteroatoms. The fourth-order valence-corrected chi connectivity index (χ4v) is 3.42. The molecule has 146 valence electrons. The lowest BCUT2D eigenvalue weighted by Gasteiger charge is -2.07. The molecule has 0 fully saturated rings. The molecule has 3 rings (SSSR count). The monoisotopic (exact) mass is 401 g/mol. The minimum absolute atomic E-state index is 0.0584. The molecule has 2 aromatic carbocycles. The van der Waals surface area contributed by atoms with E-state index in [1.165, 1.54) is 22.3 Å². The van der Waals surface area contributed by atoms with E-state index in [-0.39, 0.29) is 18.0 Å². The number of rotatable bonds is 7. The van der Waals surface area contributed by atoms with Gasteiger partial charge in [-0.15, -0.1) is 5.10 Å². The summed E-state index contributed by atoms with van der Waals surface area (Å²) in [5.74, 6) is -1.00. The van der Waals surface area contributed by atoms with E-state index in [0.29, 0.717) is 11.3 Å². The lowest BCUT2D eigenvalue weighted by molar-refractivity contribution is 0.0706. The Morgan fingerprint density at radius 3 is 2.43 bits per heavy atom. The van der Waals surface area contributed by atoms with Crippen LogP contribution in [0.2, 0.25) is 0 Å². The average molecular weight is 401 g/mol. The van der Waals surface area contributed by atoms with Crippen LogP contribution < -0.4 is 10.2 Å². The van der Waals surface area contributed by atoms with Gasteiger partial charge in [0.05, 0.1) is 6.20 Å². The third-order valence-corrected chi connectivity index (χ3v) is 5.19. The Hall–Kier alpha value is -3.08. The smallest absolute Gasteiger partial charge is 0.274 e. The Morgan fingerprint density at radius 1 is 1.11 bits per heavy atom. The van der Waals surface area contributed by atoms with Crippen molar-refractivity contribution >= 4 is 15.9 Å². The minimum atomic E-state index is -3.65. The predicted molar refractivity (Wildman–Crippen MR) is 102 cm³/mol. The lowest BCUT2D eigenvalue weighted by atomic mass is 10.1. The fraction of sp³-hybridized carbons (Fsp3) is 0.167. The summed E-state index contributed by atoms with van der Waals surface area (Å²) < 4.78 is 28.3. The topological polar surface area (TPSA) is 126 Å². The summed E-state index contributed by atoms with van der Waals surface area (Å²) in [4.78, 5) is 11.3. The quantitative estimate of drug-likeness (QED) is 0.406. The van der Waals surface area contributed by atoms with Crippen molar-refractivity contribution in [1.82, 2.24) is 25.2 Å². The van der Waals surface area contributed by atoms with Gasteiger partial charge in [0.15, 0.2) is 5.88 Å². The highest BCUT2D eigenvalue weighted by Crippen LogP contribution is 2.16. The highest BCUT2D eigenvalue weighted by atomic mass is 32.2. The second kappa shape index (κ2) is 8.30. The first-order valence-electron chi connectivity index (χ1n) is 8.34. The van der Waals surface area contributed by atoms with E-state index in [2.05, 4.69) is 15.0 Å². The zero-order chi connectivity index (χ0) is 20.1. The summed E-state index contributed by atoms with van der Waals surface area (Å²) in [6.45, 7) is 2.04. The first-order chi connectivity index (χ1) is 13.4. The van der Waals surface area contributed by atoms with Crippen LogP contribution in [0.4, 0.5) is 0 Å². The number of benzene rings is 2. The van der Waals surface area contributed by atoms with E-state index in [4.69, 9.17) is 5.21 Å². The molecule has 3 N–H and O–H groups in total. The molecular weight excluding hydrogens is 382 g/mol. The van der Waals surface area contributed by atoms with Crippen LogP contribution in [0.25, 0.3) is 11.3 Å². The number of nitrogens with zero attached hydrogens (tertiary/aromatic N) is 3. The first-order valence-corrected chi connectivity index (χ1v) is 9.99. The van der Waals surface area contributed by atoms with E-state index >= 15 is 0 Å². The number of sulfonamides is 1. The Bertz CT molecular complexity index is 1060. The first kappa shape index (κ1) is 19.7. The van der Waals surface area contributed by atoms with E-state index < -0.39 is 15.9 Å². The molecule has 0 saturated carbocycles. The average Bonchev–Trinajstić information content (AvgIpc) is 3.14. The zero-order valence-corrected chi connectivity index (χ0v) is 15.8. The highest BCUT2D eigenvalue weighted by molar-refractivity contribution is 7.88. The number of amides is 1. The van der Waals surface area contributed by atoms with Crippen molar-refractivity contribution in [3.05, 3.63) is 71.4 Å². The van der Waals surface area contributed by atoms with E-state index in [0.717, 1.165) is 11.1 Å². The third kappa shape index (κ3) is 5.00. The van der Waals surface area contributed by atoms with Crippen molar-refractivity contribution in [2.75, 3.05) is 0 Å². The predicted octanol–water partition coefficient (Wildman–Crippen LogP) is 1.45. The molecule has 3 aromatic rings. The van der Waals surface area contributed by atoms with Gasteiger partial charge >= 0.3 is 0 Å². The number of hydrogen-bond donors (Lipinski definition) is 3. The van der Waals surface area contributed by atoms with Gasteiger partial charge in [0, 0.05) is 17.7 Å². The molecular formula is C18H19N5O4S. The summed E-state index contributed by atoms with van der Waals surface area (Å²) in [7, 11) is -3.65. The lowest BCUT2D eigenvalue weighted by Crippen LogP contribution is -2.27. The van der Waals surface area contributed by atoms with Gasteiger partial charge in [-0.1, -0.05) is 47.2 Å². The molecule has 1 aromatic heterocycles. The van der Waals surface area contributed by atoms with E-state index in [1.807, 2.05) is 31.2 Å². The van der Waals surface area contributed by atoms with Crippen molar-refractivity contribution in [2.45, 2.75) is 19.3 Å². The second-order valence-electron chi connectivity index (χ2n) is 6.21. The summed E-state index contributed by atoms with van der Waals surface area (Å²) in [6.07, 6.45) is 1.58. The molecule has 0 atom stereocenters. The van der Waals surface area contributed by atoms with Crippen LogP contribution in [0, 0.1) is 6.92 Å². The second-order valence-corrected chi connectivity index (χ2v) is 7.99. The maximum Gasteiger partial charge on any atom is 0.274 e. The van der Waals surface area contributed by atoms with Gasteiger partial charge < -0.3 is 0 Å². The maximum absolute atomic E-state index is 12.3. The third-order valence-electron chi connectivity index (χ3n) is 4.00. The molecule has 0 aliphatic rings. The molecule has 0 radical (unpaired) electrons. The van der Waals surface area contributed by atoms with Crippen molar-refractivity contribution in [3.8, 4) is 11.3 Å². The molecule has 1 amide bonds. The van der Waals surface area contributed by atoms with Crippen molar-refractivity contribution in [2.24, 2.45) is 0 Å². The molecule has 0 spiro atoms. The number of carbonyl (C=O) groups excluding carboxylic acids is 1. The number of hydrogen-bond acceptors (Lipinski definition) is 6. The van der Waals surface area contributed by atoms with Crippen LogP contribution in [0.15, 0.2) is 54.7 Å². The Kier molecular flexibility index (Phi) is 5.83. The molecule has 0 saturated heterocycles. The van der Waals surface area contributed by atoms with Gasteiger partial charge in [0.25, 0.3) is 5.91 Å². The summed E-state index contributed by atoms with van der Waals surface area (Å²) in [5.41, 5.74) is 5.03. The Labute approximate surface area is 162 Å². The van der Waals surface area contributed by atoms with Crippen molar-refractivity contribution in [1.29, 1.82) is 0 Å². The minimum Gasteiger partial charge on any atom is -0.288 e. The summed E-state index contributed by atoms with van der Waals surface area (Å²) >= 11 is 0. The molecule has 28 heavy (non-hydrogen) atoms. The van der Waals surface area contributed by atoms with Crippen LogP contribution in [-0.4, -0.2) is 34.5 Å².